The van der Waals surface area contributed by atoms with Crippen LogP contribution in [-0.2, 0) is 6.54 Å². The van der Waals surface area contributed by atoms with E-state index in [4.69, 9.17) is 0 Å². The number of β-amino-alcohol motifs (C(OH)–C–C–N with tert-alkyl or cyclic N) is 1. The fraction of sp³-hybridized carbons (Fsp3) is 0.538. The Labute approximate surface area is 105 Å². The van der Waals surface area contributed by atoms with Gasteiger partial charge in [0.15, 0.2) is 0 Å². The highest BCUT2D eigenvalue weighted by molar-refractivity contribution is 5.29. The maximum Gasteiger partial charge on any atom is 0.233 e. The molecule has 3 heterocycles. The Bertz CT molecular complexity index is 550. The topological polar surface area (TPSA) is 53.7 Å². The van der Waals surface area contributed by atoms with Gasteiger partial charge in [0.2, 0.25) is 5.78 Å². The normalized spacial score (nSPS) is 23.2. The van der Waals surface area contributed by atoms with Gasteiger partial charge in [-0.05, 0) is 24.8 Å². The van der Waals surface area contributed by atoms with E-state index in [1.165, 1.54) is 12.8 Å². The monoisotopic (exact) mass is 244 g/mol. The molecule has 5 nitrogen and oxygen atoms in total. The molecule has 0 radical (unpaired) electrons. The number of fused-ring (bicyclic) bond motifs is 1. The maximum absolute atomic E-state index is 10.3. The second kappa shape index (κ2) is 3.52. The van der Waals surface area contributed by atoms with E-state index in [1.807, 2.05) is 22.9 Å². The van der Waals surface area contributed by atoms with Crippen molar-refractivity contribution in [2.24, 2.45) is 5.92 Å². The van der Waals surface area contributed by atoms with Crippen LogP contribution in [0.4, 0.5) is 0 Å². The smallest absolute Gasteiger partial charge is 0.233 e. The molecule has 0 amide bonds. The van der Waals surface area contributed by atoms with Crippen molar-refractivity contribution < 1.29 is 5.11 Å². The van der Waals surface area contributed by atoms with E-state index in [0.29, 0.717) is 5.92 Å². The van der Waals surface area contributed by atoms with Crippen molar-refractivity contribution in [1.29, 1.82) is 0 Å². The SMILES string of the molecule is OC1(C2CC2)CN(Cc2cn3cccnc3n2)C1. The summed E-state index contributed by atoms with van der Waals surface area (Å²) in [6.45, 7) is 2.39. The van der Waals surface area contributed by atoms with E-state index in [0.717, 1.165) is 31.1 Å². The van der Waals surface area contributed by atoms with Crippen LogP contribution in [0.5, 0.6) is 0 Å². The number of aliphatic hydroxyl groups is 1. The van der Waals surface area contributed by atoms with Crippen molar-refractivity contribution in [2.75, 3.05) is 13.1 Å². The Morgan fingerprint density at radius 3 is 2.94 bits per heavy atom. The molecular formula is C13H16N4O. The van der Waals surface area contributed by atoms with Gasteiger partial charge in [0.25, 0.3) is 0 Å². The fourth-order valence-corrected chi connectivity index (χ4v) is 2.90. The van der Waals surface area contributed by atoms with Gasteiger partial charge in [0.05, 0.1) is 11.3 Å². The van der Waals surface area contributed by atoms with Crippen molar-refractivity contribution in [3.05, 3.63) is 30.4 Å². The molecular weight excluding hydrogens is 228 g/mol. The molecule has 0 aromatic carbocycles. The van der Waals surface area contributed by atoms with Gasteiger partial charge in [0, 0.05) is 38.2 Å². The zero-order valence-corrected chi connectivity index (χ0v) is 10.2. The molecule has 0 atom stereocenters. The molecule has 4 rings (SSSR count). The van der Waals surface area contributed by atoms with Crippen molar-refractivity contribution >= 4 is 5.78 Å². The van der Waals surface area contributed by atoms with E-state index in [2.05, 4.69) is 14.9 Å². The number of hydrogen-bond donors (Lipinski definition) is 1. The molecule has 0 spiro atoms. The molecule has 0 unspecified atom stereocenters. The molecule has 18 heavy (non-hydrogen) atoms. The first-order chi connectivity index (χ1) is 8.73. The standard InChI is InChI=1S/C13H16N4O/c18-13(10-2-3-10)8-16(9-13)6-11-7-17-5-1-4-14-12(17)15-11/h1,4-5,7,10,18H,2-3,6,8-9H2. The summed E-state index contributed by atoms with van der Waals surface area (Å²) in [6, 6.07) is 1.90. The molecule has 2 aromatic rings. The second-order valence-corrected chi connectivity index (χ2v) is 5.58. The molecule has 2 aliphatic rings. The predicted octanol–water partition coefficient (Wildman–Crippen LogP) is 0.686. The quantitative estimate of drug-likeness (QED) is 0.863. The lowest BCUT2D eigenvalue weighted by atomic mass is 9.89. The summed E-state index contributed by atoms with van der Waals surface area (Å²) < 4.78 is 1.93. The Morgan fingerprint density at radius 1 is 1.39 bits per heavy atom. The minimum absolute atomic E-state index is 0.405. The Morgan fingerprint density at radius 2 is 2.22 bits per heavy atom. The number of nitrogens with zero attached hydrogens (tertiary/aromatic N) is 4. The number of rotatable bonds is 3. The summed E-state index contributed by atoms with van der Waals surface area (Å²) in [4.78, 5) is 10.9. The second-order valence-electron chi connectivity index (χ2n) is 5.58. The molecule has 1 saturated heterocycles. The Kier molecular flexibility index (Phi) is 2.05. The zero-order valence-electron chi connectivity index (χ0n) is 10.2. The van der Waals surface area contributed by atoms with Crippen molar-refractivity contribution in [3.8, 4) is 0 Å². The minimum atomic E-state index is -0.405. The first-order valence-corrected chi connectivity index (χ1v) is 6.46. The number of hydrogen-bond acceptors (Lipinski definition) is 4. The lowest BCUT2D eigenvalue weighted by Gasteiger charge is -2.46. The van der Waals surface area contributed by atoms with Crippen LogP contribution in [0.2, 0.25) is 0 Å². The van der Waals surface area contributed by atoms with Crippen LogP contribution < -0.4 is 0 Å². The van der Waals surface area contributed by atoms with Crippen LogP contribution in [-0.4, -0.2) is 43.1 Å². The van der Waals surface area contributed by atoms with Crippen LogP contribution in [0.3, 0.4) is 0 Å². The zero-order chi connectivity index (χ0) is 12.2. The lowest BCUT2D eigenvalue weighted by molar-refractivity contribution is -0.116. The summed E-state index contributed by atoms with van der Waals surface area (Å²) in [5, 5.41) is 10.3. The van der Waals surface area contributed by atoms with Crippen molar-refractivity contribution in [1.82, 2.24) is 19.3 Å². The molecule has 5 heteroatoms. The highest BCUT2D eigenvalue weighted by atomic mass is 16.3. The van der Waals surface area contributed by atoms with Crippen LogP contribution in [0.15, 0.2) is 24.7 Å². The van der Waals surface area contributed by atoms with Crippen LogP contribution >= 0.6 is 0 Å². The number of aromatic nitrogens is 3. The van der Waals surface area contributed by atoms with Gasteiger partial charge in [-0.2, -0.15) is 0 Å². The van der Waals surface area contributed by atoms with Gasteiger partial charge in [0.1, 0.15) is 0 Å². The van der Waals surface area contributed by atoms with Gasteiger partial charge in [-0.1, -0.05) is 0 Å². The van der Waals surface area contributed by atoms with Crippen LogP contribution in [0, 0.1) is 5.92 Å². The third-order valence-corrected chi connectivity index (χ3v) is 4.00. The lowest BCUT2D eigenvalue weighted by Crippen LogP contribution is -2.62. The Hall–Kier alpha value is -1.46. The van der Waals surface area contributed by atoms with Crippen LogP contribution in [0.25, 0.3) is 5.78 Å². The van der Waals surface area contributed by atoms with Gasteiger partial charge in [-0.15, -0.1) is 0 Å². The van der Waals surface area contributed by atoms with E-state index < -0.39 is 5.60 Å². The van der Waals surface area contributed by atoms with E-state index in [1.54, 1.807) is 6.20 Å². The third-order valence-electron chi connectivity index (χ3n) is 4.00. The number of likely N-dealkylation sites (tertiary alicyclic amines) is 1. The molecule has 2 fully saturated rings. The minimum Gasteiger partial charge on any atom is -0.387 e. The van der Waals surface area contributed by atoms with Gasteiger partial charge in [-0.25, -0.2) is 9.97 Å². The van der Waals surface area contributed by atoms with Gasteiger partial charge >= 0.3 is 0 Å². The van der Waals surface area contributed by atoms with E-state index in [9.17, 15) is 5.11 Å². The average molecular weight is 244 g/mol. The number of imidazole rings is 1. The fourth-order valence-electron chi connectivity index (χ4n) is 2.90. The predicted molar refractivity (Wildman–Crippen MR) is 65.9 cm³/mol. The van der Waals surface area contributed by atoms with Crippen LogP contribution in [0.1, 0.15) is 18.5 Å². The molecule has 1 saturated carbocycles. The highest BCUT2D eigenvalue weighted by Gasteiger charge is 2.51. The molecule has 1 N–H and O–H groups in total. The largest absolute Gasteiger partial charge is 0.387 e. The molecule has 1 aliphatic heterocycles. The first-order valence-electron chi connectivity index (χ1n) is 6.46. The van der Waals surface area contributed by atoms with Gasteiger partial charge in [-0.3, -0.25) is 9.30 Å². The summed E-state index contributed by atoms with van der Waals surface area (Å²) in [7, 11) is 0. The first kappa shape index (κ1) is 10.5. The molecule has 1 aliphatic carbocycles. The molecule has 0 bridgehead atoms. The third kappa shape index (κ3) is 1.62. The average Bonchev–Trinajstić information content (AvgIpc) is 3.08. The van der Waals surface area contributed by atoms with Crippen molar-refractivity contribution in [3.63, 3.8) is 0 Å². The Balaban J connectivity index is 1.46. The molecule has 94 valence electrons. The van der Waals surface area contributed by atoms with Crippen molar-refractivity contribution in [2.45, 2.75) is 25.0 Å². The van der Waals surface area contributed by atoms with E-state index >= 15 is 0 Å². The van der Waals surface area contributed by atoms with E-state index in [-0.39, 0.29) is 0 Å². The summed E-state index contributed by atoms with van der Waals surface area (Å²) in [5.74, 6) is 1.29. The maximum atomic E-state index is 10.3. The van der Waals surface area contributed by atoms with Gasteiger partial charge < -0.3 is 5.11 Å². The summed E-state index contributed by atoms with van der Waals surface area (Å²) in [6.07, 6.45) is 8.11. The summed E-state index contributed by atoms with van der Waals surface area (Å²) in [5.41, 5.74) is 0.615. The highest BCUT2D eigenvalue weighted by Crippen LogP contribution is 2.44. The molecule has 2 aromatic heterocycles. The summed E-state index contributed by atoms with van der Waals surface area (Å²) >= 11 is 0.